The van der Waals surface area contributed by atoms with E-state index in [1.807, 2.05) is 0 Å². The van der Waals surface area contributed by atoms with E-state index in [0.717, 1.165) is 0 Å². The molecule has 1 heterocycles. The van der Waals surface area contributed by atoms with Gasteiger partial charge in [0.05, 0.1) is 6.20 Å². The van der Waals surface area contributed by atoms with Crippen LogP contribution in [0, 0.1) is 0 Å². The van der Waals surface area contributed by atoms with Crippen molar-refractivity contribution in [1.29, 1.82) is 0 Å². The quantitative estimate of drug-likeness (QED) is 0.493. The number of halogens is 2. The standard InChI is InChI=1S/C15H11Cl2NO4/c16-11-2-1-3-12(17)9(11)8-10(15(20)21)13(19)4-5-14-18-6-7-22-14/h1-3,6-8H,4-5H2,(H,20,21)/b10-8+. The Morgan fingerprint density at radius 2 is 1.95 bits per heavy atom. The number of oxazole rings is 1. The van der Waals surface area contributed by atoms with Gasteiger partial charge in [-0.05, 0) is 18.2 Å². The van der Waals surface area contributed by atoms with Crippen LogP contribution in [-0.4, -0.2) is 21.8 Å². The molecule has 1 N–H and O–H groups in total. The maximum absolute atomic E-state index is 12.1. The minimum atomic E-state index is -1.34. The maximum Gasteiger partial charge on any atom is 0.339 e. The van der Waals surface area contributed by atoms with Crippen molar-refractivity contribution in [1.82, 2.24) is 4.98 Å². The van der Waals surface area contributed by atoms with Gasteiger partial charge in [-0.25, -0.2) is 9.78 Å². The zero-order valence-electron chi connectivity index (χ0n) is 11.3. The summed E-state index contributed by atoms with van der Waals surface area (Å²) in [6.07, 6.45) is 4.20. The molecular weight excluding hydrogens is 329 g/mol. The summed E-state index contributed by atoms with van der Waals surface area (Å²) in [6, 6.07) is 4.76. The minimum absolute atomic E-state index is 0.0410. The summed E-state index contributed by atoms with van der Waals surface area (Å²) in [5.41, 5.74) is -0.0886. The SMILES string of the molecule is O=C(O)/C(=C/c1c(Cl)cccc1Cl)C(=O)CCc1ncco1. The molecule has 0 unspecified atom stereocenters. The molecule has 22 heavy (non-hydrogen) atoms. The molecule has 0 aliphatic heterocycles. The number of ketones is 1. The average Bonchev–Trinajstić information content (AvgIpc) is 2.97. The molecule has 5 nitrogen and oxygen atoms in total. The fourth-order valence-corrected chi connectivity index (χ4v) is 2.29. The number of carbonyl (C=O) groups is 2. The summed E-state index contributed by atoms with van der Waals surface area (Å²) in [5, 5.41) is 9.77. The van der Waals surface area contributed by atoms with Crippen molar-refractivity contribution in [3.05, 3.63) is 57.7 Å². The van der Waals surface area contributed by atoms with Crippen LogP contribution >= 0.6 is 23.2 Å². The van der Waals surface area contributed by atoms with Crippen LogP contribution < -0.4 is 0 Å². The first-order valence-corrected chi connectivity index (χ1v) is 7.05. The third kappa shape index (κ3) is 3.96. The van der Waals surface area contributed by atoms with Crippen molar-refractivity contribution < 1.29 is 19.1 Å². The molecule has 0 saturated carbocycles. The highest BCUT2D eigenvalue weighted by Crippen LogP contribution is 2.27. The topological polar surface area (TPSA) is 80.4 Å². The number of carboxylic acid groups (broad SMARTS) is 1. The molecule has 0 fully saturated rings. The first kappa shape index (κ1) is 16.3. The molecule has 0 saturated heterocycles. The molecule has 0 aliphatic carbocycles. The van der Waals surface area contributed by atoms with Crippen LogP contribution in [0.3, 0.4) is 0 Å². The summed E-state index contributed by atoms with van der Waals surface area (Å²) in [4.78, 5) is 27.3. The fourth-order valence-electron chi connectivity index (χ4n) is 1.79. The van der Waals surface area contributed by atoms with Gasteiger partial charge < -0.3 is 9.52 Å². The van der Waals surface area contributed by atoms with Gasteiger partial charge in [-0.1, -0.05) is 29.3 Å². The molecule has 1 aromatic heterocycles. The molecule has 1 aromatic carbocycles. The number of aliphatic carboxylic acids is 1. The highest BCUT2D eigenvalue weighted by Gasteiger charge is 2.19. The summed E-state index contributed by atoms with van der Waals surface area (Å²) in [7, 11) is 0. The maximum atomic E-state index is 12.1. The smallest absolute Gasteiger partial charge is 0.339 e. The molecule has 7 heteroatoms. The van der Waals surface area contributed by atoms with E-state index in [1.165, 1.54) is 18.5 Å². The van der Waals surface area contributed by atoms with E-state index >= 15 is 0 Å². The lowest BCUT2D eigenvalue weighted by Crippen LogP contribution is -2.13. The molecule has 0 aliphatic rings. The second kappa shape index (κ2) is 7.24. The van der Waals surface area contributed by atoms with Gasteiger partial charge in [0.15, 0.2) is 11.7 Å². The van der Waals surface area contributed by atoms with E-state index in [9.17, 15) is 14.7 Å². The van der Waals surface area contributed by atoms with Crippen molar-refractivity contribution in [2.24, 2.45) is 0 Å². The monoisotopic (exact) mass is 339 g/mol. The summed E-state index contributed by atoms with van der Waals surface area (Å²) in [6.45, 7) is 0. The first-order chi connectivity index (χ1) is 10.5. The number of rotatable bonds is 6. The van der Waals surface area contributed by atoms with Gasteiger partial charge in [0.1, 0.15) is 11.8 Å². The van der Waals surface area contributed by atoms with E-state index in [2.05, 4.69) is 4.98 Å². The van der Waals surface area contributed by atoms with Gasteiger partial charge in [0.2, 0.25) is 0 Å². The molecule has 0 atom stereocenters. The zero-order chi connectivity index (χ0) is 16.1. The number of benzene rings is 1. The van der Waals surface area contributed by atoms with E-state index in [4.69, 9.17) is 27.6 Å². The lowest BCUT2D eigenvalue weighted by Gasteiger charge is -2.05. The van der Waals surface area contributed by atoms with Gasteiger partial charge in [-0.15, -0.1) is 0 Å². The lowest BCUT2D eigenvalue weighted by atomic mass is 10.0. The highest BCUT2D eigenvalue weighted by atomic mass is 35.5. The van der Waals surface area contributed by atoms with Gasteiger partial charge in [0, 0.05) is 28.5 Å². The number of nitrogens with zero attached hydrogens (tertiary/aromatic N) is 1. The van der Waals surface area contributed by atoms with Gasteiger partial charge in [-0.2, -0.15) is 0 Å². The van der Waals surface area contributed by atoms with E-state index in [1.54, 1.807) is 18.2 Å². The Morgan fingerprint density at radius 3 is 2.50 bits per heavy atom. The Hall–Kier alpha value is -2.11. The Bertz CT molecular complexity index is 703. The van der Waals surface area contributed by atoms with E-state index in [0.29, 0.717) is 11.5 Å². The predicted molar refractivity (Wildman–Crippen MR) is 81.9 cm³/mol. The number of aromatic nitrogens is 1. The molecule has 0 spiro atoms. The van der Waals surface area contributed by atoms with Crippen molar-refractivity contribution >= 4 is 41.0 Å². The molecule has 114 valence electrons. The Morgan fingerprint density at radius 1 is 1.27 bits per heavy atom. The normalized spacial score (nSPS) is 11.5. The van der Waals surface area contributed by atoms with Crippen LogP contribution in [0.15, 0.2) is 40.6 Å². The lowest BCUT2D eigenvalue weighted by molar-refractivity contribution is -0.134. The summed E-state index contributed by atoms with van der Waals surface area (Å²) in [5.74, 6) is -1.52. The van der Waals surface area contributed by atoms with Gasteiger partial charge in [0.25, 0.3) is 0 Å². The van der Waals surface area contributed by atoms with Gasteiger partial charge in [-0.3, -0.25) is 4.79 Å². The van der Waals surface area contributed by atoms with E-state index < -0.39 is 11.8 Å². The molecule has 0 amide bonds. The number of hydrogen-bond donors (Lipinski definition) is 1. The Kier molecular flexibility index (Phi) is 5.35. The molecular formula is C15H11Cl2NO4. The van der Waals surface area contributed by atoms with Gasteiger partial charge >= 0.3 is 5.97 Å². The number of carboxylic acids is 1. The van der Waals surface area contributed by atoms with E-state index in [-0.39, 0.29) is 28.5 Å². The fraction of sp³-hybridized carbons (Fsp3) is 0.133. The second-order valence-corrected chi connectivity index (χ2v) is 5.16. The third-order valence-electron chi connectivity index (χ3n) is 2.87. The van der Waals surface area contributed by atoms with Crippen LogP contribution in [0.2, 0.25) is 10.0 Å². The number of aryl methyl sites for hydroxylation is 1. The average molecular weight is 340 g/mol. The predicted octanol–water partition coefficient (Wildman–Crippen LogP) is 3.65. The van der Waals surface area contributed by atoms with Crippen LogP contribution in [0.4, 0.5) is 0 Å². The zero-order valence-corrected chi connectivity index (χ0v) is 12.8. The van der Waals surface area contributed by atoms with Crippen molar-refractivity contribution in [3.63, 3.8) is 0 Å². The van der Waals surface area contributed by atoms with Crippen LogP contribution in [-0.2, 0) is 16.0 Å². The third-order valence-corrected chi connectivity index (χ3v) is 3.53. The van der Waals surface area contributed by atoms with Crippen molar-refractivity contribution in [2.45, 2.75) is 12.8 Å². The molecule has 0 bridgehead atoms. The summed E-state index contributed by atoms with van der Waals surface area (Å²) >= 11 is 12.0. The van der Waals surface area contributed by atoms with Crippen molar-refractivity contribution in [2.75, 3.05) is 0 Å². The molecule has 0 radical (unpaired) electrons. The number of Topliss-reactive ketones (excluding diaryl/α,β-unsaturated/α-hetero) is 1. The number of hydrogen-bond acceptors (Lipinski definition) is 4. The van der Waals surface area contributed by atoms with Crippen LogP contribution in [0.25, 0.3) is 6.08 Å². The minimum Gasteiger partial charge on any atom is -0.478 e. The number of carbonyl (C=O) groups excluding carboxylic acids is 1. The molecule has 2 rings (SSSR count). The highest BCUT2D eigenvalue weighted by molar-refractivity contribution is 6.37. The second-order valence-electron chi connectivity index (χ2n) is 4.35. The summed E-state index contributed by atoms with van der Waals surface area (Å²) < 4.78 is 5.01. The molecule has 2 aromatic rings. The first-order valence-electron chi connectivity index (χ1n) is 6.29. The van der Waals surface area contributed by atoms with Crippen LogP contribution in [0.5, 0.6) is 0 Å². The largest absolute Gasteiger partial charge is 0.478 e. The van der Waals surface area contributed by atoms with Crippen molar-refractivity contribution in [3.8, 4) is 0 Å². The Labute approximate surface area is 136 Å². The van der Waals surface area contributed by atoms with Crippen LogP contribution in [0.1, 0.15) is 17.9 Å². The Balaban J connectivity index is 2.24.